The third-order valence-electron chi connectivity index (χ3n) is 3.90. The Morgan fingerprint density at radius 1 is 1.37 bits per heavy atom. The molecule has 2 saturated heterocycles. The summed E-state index contributed by atoms with van der Waals surface area (Å²) in [7, 11) is -1.33. The van der Waals surface area contributed by atoms with E-state index in [2.05, 4.69) is 5.32 Å². The highest BCUT2D eigenvalue weighted by Gasteiger charge is 2.36. The minimum absolute atomic E-state index is 0.119. The van der Waals surface area contributed by atoms with Crippen LogP contribution in [0.5, 0.6) is 0 Å². The number of piperidine rings is 1. The second kappa shape index (κ2) is 6.76. The predicted octanol–water partition coefficient (Wildman–Crippen LogP) is 0.600. The molecular formula is C12H25N3O2S2. The van der Waals surface area contributed by atoms with Crippen molar-refractivity contribution in [3.63, 3.8) is 0 Å². The third kappa shape index (κ3) is 3.64. The molecule has 2 atom stereocenters. The molecule has 0 spiro atoms. The summed E-state index contributed by atoms with van der Waals surface area (Å²) in [5.41, 5.74) is 0. The lowest BCUT2D eigenvalue weighted by atomic mass is 10.00. The van der Waals surface area contributed by atoms with E-state index in [-0.39, 0.29) is 6.04 Å². The van der Waals surface area contributed by atoms with E-state index in [1.807, 2.05) is 25.7 Å². The highest BCUT2D eigenvalue weighted by atomic mass is 32.2. The van der Waals surface area contributed by atoms with Gasteiger partial charge in [0, 0.05) is 37.2 Å². The molecule has 5 nitrogen and oxygen atoms in total. The molecule has 2 aliphatic heterocycles. The van der Waals surface area contributed by atoms with Gasteiger partial charge in [0.1, 0.15) is 0 Å². The van der Waals surface area contributed by atoms with Crippen molar-refractivity contribution in [1.82, 2.24) is 13.9 Å². The summed E-state index contributed by atoms with van der Waals surface area (Å²) in [6.45, 7) is 4.91. The molecule has 0 bridgehead atoms. The maximum Gasteiger partial charge on any atom is 0.282 e. The van der Waals surface area contributed by atoms with Gasteiger partial charge in [0.2, 0.25) is 0 Å². The van der Waals surface area contributed by atoms with Crippen LogP contribution < -0.4 is 5.32 Å². The normalized spacial score (nSPS) is 31.5. The van der Waals surface area contributed by atoms with Crippen molar-refractivity contribution >= 4 is 22.0 Å². The fraction of sp³-hybridized carbons (Fsp3) is 1.00. The monoisotopic (exact) mass is 307 g/mol. The molecule has 0 aromatic carbocycles. The molecule has 7 heteroatoms. The van der Waals surface area contributed by atoms with Crippen LogP contribution in [0.4, 0.5) is 0 Å². The van der Waals surface area contributed by atoms with Crippen LogP contribution in [-0.4, -0.2) is 67.8 Å². The summed E-state index contributed by atoms with van der Waals surface area (Å²) in [6, 6.07) is 0.119. The average Bonchev–Trinajstić information content (AvgIpc) is 2.40. The van der Waals surface area contributed by atoms with Crippen molar-refractivity contribution in [3.8, 4) is 0 Å². The highest BCUT2D eigenvalue weighted by molar-refractivity contribution is 7.99. The molecular weight excluding hydrogens is 282 g/mol. The highest BCUT2D eigenvalue weighted by Crippen LogP contribution is 2.25. The molecule has 0 aromatic heterocycles. The van der Waals surface area contributed by atoms with Crippen LogP contribution in [0.15, 0.2) is 0 Å². The Morgan fingerprint density at radius 3 is 2.84 bits per heavy atom. The van der Waals surface area contributed by atoms with Crippen LogP contribution in [0.25, 0.3) is 0 Å². The van der Waals surface area contributed by atoms with E-state index in [1.165, 1.54) is 0 Å². The van der Waals surface area contributed by atoms with Gasteiger partial charge in [0.25, 0.3) is 10.2 Å². The lowest BCUT2D eigenvalue weighted by Gasteiger charge is -2.39. The molecule has 0 radical (unpaired) electrons. The zero-order chi connectivity index (χ0) is 13.9. The summed E-state index contributed by atoms with van der Waals surface area (Å²) in [5, 5.41) is 3.16. The Labute approximate surface area is 121 Å². The van der Waals surface area contributed by atoms with Crippen molar-refractivity contribution < 1.29 is 8.42 Å². The Morgan fingerprint density at radius 2 is 2.16 bits per heavy atom. The van der Waals surface area contributed by atoms with E-state index in [1.54, 1.807) is 8.61 Å². The van der Waals surface area contributed by atoms with Crippen LogP contribution in [0.3, 0.4) is 0 Å². The lowest BCUT2D eigenvalue weighted by Crippen LogP contribution is -2.54. The van der Waals surface area contributed by atoms with Gasteiger partial charge in [-0.1, -0.05) is 0 Å². The van der Waals surface area contributed by atoms with Gasteiger partial charge >= 0.3 is 0 Å². The molecule has 0 aromatic rings. The van der Waals surface area contributed by atoms with E-state index >= 15 is 0 Å². The minimum Gasteiger partial charge on any atom is -0.319 e. The van der Waals surface area contributed by atoms with Gasteiger partial charge in [-0.3, -0.25) is 0 Å². The van der Waals surface area contributed by atoms with Crippen LogP contribution in [-0.2, 0) is 10.2 Å². The Kier molecular flexibility index (Phi) is 5.54. The van der Waals surface area contributed by atoms with Crippen molar-refractivity contribution in [2.45, 2.75) is 25.8 Å². The summed E-state index contributed by atoms with van der Waals surface area (Å²) in [4.78, 5) is 0. The van der Waals surface area contributed by atoms with E-state index < -0.39 is 10.2 Å². The molecule has 1 N–H and O–H groups in total. The second-order valence-electron chi connectivity index (χ2n) is 5.47. The van der Waals surface area contributed by atoms with Gasteiger partial charge in [-0.25, -0.2) is 0 Å². The quantitative estimate of drug-likeness (QED) is 0.826. The number of hydrogen-bond donors (Lipinski definition) is 1. The molecule has 2 rings (SSSR count). The maximum absolute atomic E-state index is 12.7. The Bertz CT molecular complexity index is 386. The zero-order valence-corrected chi connectivity index (χ0v) is 13.5. The van der Waals surface area contributed by atoms with Gasteiger partial charge in [-0.15, -0.1) is 0 Å². The van der Waals surface area contributed by atoms with Gasteiger partial charge in [-0.05, 0) is 39.3 Å². The minimum atomic E-state index is -3.26. The number of nitrogens with zero attached hydrogens (tertiary/aromatic N) is 2. The molecule has 19 heavy (non-hydrogen) atoms. The van der Waals surface area contributed by atoms with Crippen LogP contribution in [0, 0.1) is 5.92 Å². The molecule has 2 heterocycles. The van der Waals surface area contributed by atoms with Gasteiger partial charge < -0.3 is 5.32 Å². The third-order valence-corrected chi connectivity index (χ3v) is 7.21. The SMILES string of the molecule is CNCC1CCCN(S(=O)(=O)N2CCSCC2C)C1. The topological polar surface area (TPSA) is 52.7 Å². The molecule has 2 unspecified atom stereocenters. The fourth-order valence-electron chi connectivity index (χ4n) is 2.89. The largest absolute Gasteiger partial charge is 0.319 e. The Hall–Kier alpha value is 0.180. The Balaban J connectivity index is 2.05. The summed E-state index contributed by atoms with van der Waals surface area (Å²) in [5.74, 6) is 2.27. The smallest absolute Gasteiger partial charge is 0.282 e. The van der Waals surface area contributed by atoms with Crippen LogP contribution in [0.2, 0.25) is 0 Å². The van der Waals surface area contributed by atoms with E-state index in [9.17, 15) is 8.42 Å². The average molecular weight is 307 g/mol. The first-order valence-corrected chi connectivity index (χ1v) is 9.60. The van der Waals surface area contributed by atoms with Crippen molar-refractivity contribution in [2.75, 3.05) is 44.7 Å². The molecule has 0 aliphatic carbocycles. The first kappa shape index (κ1) is 15.6. The fourth-order valence-corrected chi connectivity index (χ4v) is 6.03. The van der Waals surface area contributed by atoms with Gasteiger partial charge in [-0.2, -0.15) is 28.8 Å². The van der Waals surface area contributed by atoms with Crippen molar-refractivity contribution in [2.24, 2.45) is 5.92 Å². The van der Waals surface area contributed by atoms with E-state index in [4.69, 9.17) is 0 Å². The molecule has 112 valence electrons. The first-order chi connectivity index (χ1) is 9.05. The number of rotatable bonds is 4. The molecule has 0 saturated carbocycles. The number of hydrogen-bond acceptors (Lipinski definition) is 4. The predicted molar refractivity (Wildman–Crippen MR) is 80.6 cm³/mol. The molecule has 2 fully saturated rings. The summed E-state index contributed by atoms with van der Waals surface area (Å²) < 4.78 is 28.8. The molecule has 0 amide bonds. The maximum atomic E-state index is 12.7. The van der Waals surface area contributed by atoms with E-state index in [0.717, 1.165) is 30.9 Å². The van der Waals surface area contributed by atoms with E-state index in [0.29, 0.717) is 25.6 Å². The standard InChI is InChI=1S/C12H25N3O2S2/c1-11-10-18-7-6-15(11)19(16,17)14-5-3-4-12(9-14)8-13-2/h11-13H,3-10H2,1-2H3. The van der Waals surface area contributed by atoms with Gasteiger partial charge in [0.05, 0.1) is 0 Å². The molecule has 2 aliphatic rings. The van der Waals surface area contributed by atoms with Crippen LogP contribution in [0.1, 0.15) is 19.8 Å². The van der Waals surface area contributed by atoms with Crippen molar-refractivity contribution in [3.05, 3.63) is 0 Å². The first-order valence-electron chi connectivity index (χ1n) is 7.05. The summed E-state index contributed by atoms with van der Waals surface area (Å²) >= 11 is 1.84. The van der Waals surface area contributed by atoms with Crippen molar-refractivity contribution in [1.29, 1.82) is 0 Å². The van der Waals surface area contributed by atoms with Crippen LogP contribution >= 0.6 is 11.8 Å². The van der Waals surface area contributed by atoms with Gasteiger partial charge in [0.15, 0.2) is 0 Å². The lowest BCUT2D eigenvalue weighted by molar-refractivity contribution is 0.237. The number of nitrogens with one attached hydrogen (secondary N) is 1. The summed E-state index contributed by atoms with van der Waals surface area (Å²) in [6.07, 6.45) is 2.10. The zero-order valence-electron chi connectivity index (χ0n) is 11.8. The number of thioether (sulfide) groups is 1. The second-order valence-corrected chi connectivity index (χ2v) is 8.50.